The van der Waals surface area contributed by atoms with Gasteiger partial charge in [0.1, 0.15) is 6.33 Å². The van der Waals surface area contributed by atoms with Gasteiger partial charge in [-0.25, -0.2) is 0 Å². The number of carbonyl (C=O) groups is 1. The Morgan fingerprint density at radius 1 is 1.56 bits per heavy atom. The van der Waals surface area contributed by atoms with Gasteiger partial charge in [0, 0.05) is 19.2 Å². The van der Waals surface area contributed by atoms with Crippen LogP contribution in [0.3, 0.4) is 0 Å². The monoisotopic (exact) mass is 270 g/mol. The first kappa shape index (κ1) is 15.0. The second-order valence-corrected chi connectivity index (χ2v) is 5.53. The fourth-order valence-electron chi connectivity index (χ4n) is 1.58. The van der Waals surface area contributed by atoms with E-state index in [9.17, 15) is 4.79 Å². The highest BCUT2D eigenvalue weighted by atomic mass is 32.2. The molecule has 0 saturated heterocycles. The SMILES string of the molecule is CCCCSCCC(=O)N[C@H](C)c1nncn1C. The molecule has 0 aliphatic rings. The quantitative estimate of drug-likeness (QED) is 0.733. The molecule has 1 amide bonds. The molecule has 0 bridgehead atoms. The van der Waals surface area contributed by atoms with Gasteiger partial charge < -0.3 is 9.88 Å². The van der Waals surface area contributed by atoms with Crippen molar-refractivity contribution >= 4 is 17.7 Å². The van der Waals surface area contributed by atoms with Crippen LogP contribution in [0.15, 0.2) is 6.33 Å². The summed E-state index contributed by atoms with van der Waals surface area (Å²) in [5.74, 6) is 2.89. The maximum Gasteiger partial charge on any atom is 0.221 e. The maximum absolute atomic E-state index is 11.7. The summed E-state index contributed by atoms with van der Waals surface area (Å²) >= 11 is 1.84. The average Bonchev–Trinajstić information content (AvgIpc) is 2.75. The fourth-order valence-corrected chi connectivity index (χ4v) is 2.60. The number of nitrogens with one attached hydrogen (secondary N) is 1. The van der Waals surface area contributed by atoms with Crippen LogP contribution in [0.2, 0.25) is 0 Å². The third kappa shape index (κ3) is 5.08. The van der Waals surface area contributed by atoms with Crippen LogP contribution in [0.1, 0.15) is 45.0 Å². The number of hydrogen-bond donors (Lipinski definition) is 1. The molecule has 102 valence electrons. The van der Waals surface area contributed by atoms with E-state index in [1.54, 1.807) is 6.33 Å². The molecule has 1 atom stereocenters. The van der Waals surface area contributed by atoms with Crippen LogP contribution in [-0.4, -0.2) is 32.2 Å². The number of carbonyl (C=O) groups excluding carboxylic acids is 1. The van der Waals surface area contributed by atoms with Gasteiger partial charge in [0.15, 0.2) is 5.82 Å². The van der Waals surface area contributed by atoms with Crippen LogP contribution in [0, 0.1) is 0 Å². The van der Waals surface area contributed by atoms with Crippen molar-refractivity contribution in [1.29, 1.82) is 0 Å². The lowest BCUT2D eigenvalue weighted by atomic mass is 10.3. The van der Waals surface area contributed by atoms with E-state index in [1.807, 2.05) is 30.3 Å². The van der Waals surface area contributed by atoms with Crippen LogP contribution in [0.25, 0.3) is 0 Å². The minimum Gasteiger partial charge on any atom is -0.346 e. The molecule has 0 unspecified atom stereocenters. The highest BCUT2D eigenvalue weighted by molar-refractivity contribution is 7.99. The molecule has 0 fully saturated rings. The van der Waals surface area contributed by atoms with Gasteiger partial charge in [-0.2, -0.15) is 11.8 Å². The first-order chi connectivity index (χ1) is 8.65. The third-order valence-electron chi connectivity index (χ3n) is 2.63. The summed E-state index contributed by atoms with van der Waals surface area (Å²) in [5.41, 5.74) is 0. The van der Waals surface area contributed by atoms with Crippen molar-refractivity contribution in [3.05, 3.63) is 12.2 Å². The molecule has 1 heterocycles. The van der Waals surface area contributed by atoms with Gasteiger partial charge in [-0.05, 0) is 19.1 Å². The second kappa shape index (κ2) is 8.13. The Hall–Kier alpha value is -1.04. The molecule has 1 rings (SSSR count). The lowest BCUT2D eigenvalue weighted by Gasteiger charge is -2.12. The number of unbranched alkanes of at least 4 members (excludes halogenated alkanes) is 1. The first-order valence-electron chi connectivity index (χ1n) is 6.36. The number of amides is 1. The average molecular weight is 270 g/mol. The van der Waals surface area contributed by atoms with Gasteiger partial charge in [-0.15, -0.1) is 10.2 Å². The van der Waals surface area contributed by atoms with Gasteiger partial charge >= 0.3 is 0 Å². The zero-order valence-electron chi connectivity index (χ0n) is 11.3. The van der Waals surface area contributed by atoms with Gasteiger partial charge in [-0.1, -0.05) is 13.3 Å². The number of hydrogen-bond acceptors (Lipinski definition) is 4. The molecular weight excluding hydrogens is 248 g/mol. The zero-order valence-corrected chi connectivity index (χ0v) is 12.2. The Morgan fingerprint density at radius 2 is 2.33 bits per heavy atom. The smallest absolute Gasteiger partial charge is 0.221 e. The lowest BCUT2D eigenvalue weighted by Crippen LogP contribution is -2.28. The summed E-state index contributed by atoms with van der Waals surface area (Å²) in [5, 5.41) is 10.7. The Kier molecular flexibility index (Phi) is 6.78. The van der Waals surface area contributed by atoms with Gasteiger partial charge in [0.2, 0.25) is 5.91 Å². The van der Waals surface area contributed by atoms with E-state index in [0.29, 0.717) is 6.42 Å². The van der Waals surface area contributed by atoms with Crippen LogP contribution in [0.5, 0.6) is 0 Å². The minimum absolute atomic E-state index is 0.0782. The number of aromatic nitrogens is 3. The van der Waals surface area contributed by atoms with E-state index in [2.05, 4.69) is 22.4 Å². The number of thioether (sulfide) groups is 1. The van der Waals surface area contributed by atoms with E-state index in [-0.39, 0.29) is 11.9 Å². The minimum atomic E-state index is -0.0920. The summed E-state index contributed by atoms with van der Waals surface area (Å²) in [6, 6.07) is -0.0920. The van der Waals surface area contributed by atoms with Crippen molar-refractivity contribution in [3.8, 4) is 0 Å². The van der Waals surface area contributed by atoms with Crippen LogP contribution in [-0.2, 0) is 11.8 Å². The Bertz CT molecular complexity index is 367. The topological polar surface area (TPSA) is 59.8 Å². The lowest BCUT2D eigenvalue weighted by molar-refractivity contribution is -0.121. The van der Waals surface area contributed by atoms with Crippen LogP contribution in [0.4, 0.5) is 0 Å². The maximum atomic E-state index is 11.7. The predicted molar refractivity (Wildman–Crippen MR) is 74.4 cm³/mol. The highest BCUT2D eigenvalue weighted by Crippen LogP contribution is 2.09. The van der Waals surface area contributed by atoms with Crippen molar-refractivity contribution < 1.29 is 4.79 Å². The Balaban J connectivity index is 2.22. The molecule has 0 aromatic carbocycles. The zero-order chi connectivity index (χ0) is 13.4. The number of nitrogens with zero attached hydrogens (tertiary/aromatic N) is 3. The van der Waals surface area contributed by atoms with Crippen molar-refractivity contribution in [2.75, 3.05) is 11.5 Å². The molecule has 5 nitrogen and oxygen atoms in total. The van der Waals surface area contributed by atoms with Crippen molar-refractivity contribution in [2.45, 2.75) is 39.2 Å². The molecular formula is C12H22N4OS. The van der Waals surface area contributed by atoms with E-state index >= 15 is 0 Å². The van der Waals surface area contributed by atoms with E-state index < -0.39 is 0 Å². The molecule has 1 aromatic heterocycles. The molecule has 0 aliphatic carbocycles. The molecule has 0 spiro atoms. The second-order valence-electron chi connectivity index (χ2n) is 4.31. The summed E-state index contributed by atoms with van der Waals surface area (Å²) in [4.78, 5) is 11.7. The summed E-state index contributed by atoms with van der Waals surface area (Å²) in [6.07, 6.45) is 4.64. The molecule has 0 aliphatic heterocycles. The molecule has 18 heavy (non-hydrogen) atoms. The Labute approximate surface area is 113 Å². The highest BCUT2D eigenvalue weighted by Gasteiger charge is 2.13. The first-order valence-corrected chi connectivity index (χ1v) is 7.51. The van der Waals surface area contributed by atoms with E-state index in [1.165, 1.54) is 12.8 Å². The number of aryl methyl sites for hydroxylation is 1. The van der Waals surface area contributed by atoms with Crippen molar-refractivity contribution in [3.63, 3.8) is 0 Å². The van der Waals surface area contributed by atoms with E-state index in [4.69, 9.17) is 0 Å². The van der Waals surface area contributed by atoms with Gasteiger partial charge in [-0.3, -0.25) is 4.79 Å². The largest absolute Gasteiger partial charge is 0.346 e. The van der Waals surface area contributed by atoms with Crippen LogP contribution >= 0.6 is 11.8 Å². The van der Waals surface area contributed by atoms with Gasteiger partial charge in [0.05, 0.1) is 6.04 Å². The predicted octanol–water partition coefficient (Wildman–Crippen LogP) is 1.92. The fraction of sp³-hybridized carbons (Fsp3) is 0.750. The summed E-state index contributed by atoms with van der Waals surface area (Å²) in [7, 11) is 1.87. The third-order valence-corrected chi connectivity index (χ3v) is 3.70. The van der Waals surface area contributed by atoms with Crippen molar-refractivity contribution in [2.24, 2.45) is 7.05 Å². The number of rotatable bonds is 8. The van der Waals surface area contributed by atoms with E-state index in [0.717, 1.165) is 17.3 Å². The molecule has 6 heteroatoms. The molecule has 1 N–H and O–H groups in total. The molecule has 0 radical (unpaired) electrons. The molecule has 1 aromatic rings. The summed E-state index contributed by atoms with van der Waals surface area (Å²) in [6.45, 7) is 4.10. The summed E-state index contributed by atoms with van der Waals surface area (Å²) < 4.78 is 1.82. The van der Waals surface area contributed by atoms with Crippen molar-refractivity contribution in [1.82, 2.24) is 20.1 Å². The normalized spacial score (nSPS) is 12.4. The standard InChI is InChI=1S/C12H22N4OS/c1-4-5-7-18-8-6-11(17)14-10(2)12-15-13-9-16(12)3/h9-10H,4-8H2,1-3H3,(H,14,17)/t10-/m1/s1. The van der Waals surface area contributed by atoms with Gasteiger partial charge in [0.25, 0.3) is 0 Å². The van der Waals surface area contributed by atoms with Crippen LogP contribution < -0.4 is 5.32 Å². The molecule has 0 saturated carbocycles. The Morgan fingerprint density at radius 3 is 2.94 bits per heavy atom.